The van der Waals surface area contributed by atoms with Crippen LogP contribution in [-0.2, 0) is 4.79 Å². The summed E-state index contributed by atoms with van der Waals surface area (Å²) in [5.74, 6) is 2.37. The van der Waals surface area contributed by atoms with Crippen LogP contribution in [0.2, 0.25) is 0 Å². The summed E-state index contributed by atoms with van der Waals surface area (Å²) in [6.07, 6.45) is 3.12. The van der Waals surface area contributed by atoms with E-state index in [-0.39, 0.29) is 5.91 Å². The lowest BCUT2D eigenvalue weighted by atomic mass is 10.0. The maximum absolute atomic E-state index is 12.3. The highest BCUT2D eigenvalue weighted by molar-refractivity contribution is 7.99. The average Bonchev–Trinajstić information content (AvgIpc) is 3.12. The van der Waals surface area contributed by atoms with E-state index >= 15 is 0 Å². The molecule has 2 aliphatic rings. The van der Waals surface area contributed by atoms with Gasteiger partial charge < -0.3 is 10.6 Å². The molecule has 0 radical (unpaired) electrons. The van der Waals surface area contributed by atoms with Crippen LogP contribution in [0, 0.1) is 6.92 Å². The molecule has 2 aliphatic heterocycles. The van der Waals surface area contributed by atoms with Crippen LogP contribution in [-0.4, -0.2) is 54.5 Å². The first kappa shape index (κ1) is 17.8. The fraction of sp³-hybridized carbons (Fsp3) is 0.632. The number of carbonyl (C=O) groups excluding carboxylic acids is 1. The van der Waals surface area contributed by atoms with Crippen molar-refractivity contribution < 1.29 is 4.79 Å². The van der Waals surface area contributed by atoms with Gasteiger partial charge in [0.15, 0.2) is 0 Å². The van der Waals surface area contributed by atoms with Crippen LogP contribution >= 0.6 is 11.8 Å². The lowest BCUT2D eigenvalue weighted by Crippen LogP contribution is -2.43. The van der Waals surface area contributed by atoms with E-state index in [0.717, 1.165) is 31.1 Å². The summed E-state index contributed by atoms with van der Waals surface area (Å²) < 4.78 is 0. The number of carbonyl (C=O) groups is 1. The van der Waals surface area contributed by atoms with Crippen molar-refractivity contribution in [3.63, 3.8) is 0 Å². The van der Waals surface area contributed by atoms with E-state index in [0.29, 0.717) is 25.0 Å². The molecule has 132 valence electrons. The Morgan fingerprint density at radius 1 is 1.33 bits per heavy atom. The molecule has 1 amide bonds. The number of nitrogens with one attached hydrogen (secondary N) is 2. The zero-order chi connectivity index (χ0) is 16.8. The first-order chi connectivity index (χ1) is 11.7. The highest BCUT2D eigenvalue weighted by Crippen LogP contribution is 2.25. The minimum atomic E-state index is 0.173. The van der Waals surface area contributed by atoms with Crippen LogP contribution in [0.5, 0.6) is 0 Å². The number of rotatable bonds is 6. The van der Waals surface area contributed by atoms with E-state index < -0.39 is 0 Å². The second-order valence-corrected chi connectivity index (χ2v) is 8.05. The van der Waals surface area contributed by atoms with Gasteiger partial charge in [-0.25, -0.2) is 0 Å². The summed E-state index contributed by atoms with van der Waals surface area (Å²) in [5.41, 5.74) is 2.60. The normalized spacial score (nSPS) is 23.1. The highest BCUT2D eigenvalue weighted by atomic mass is 32.2. The number of hydrogen-bond donors (Lipinski definition) is 2. The van der Waals surface area contributed by atoms with E-state index in [2.05, 4.69) is 46.7 Å². The van der Waals surface area contributed by atoms with Crippen molar-refractivity contribution in [2.24, 2.45) is 0 Å². The summed E-state index contributed by atoms with van der Waals surface area (Å²) in [4.78, 5) is 14.9. The summed E-state index contributed by atoms with van der Waals surface area (Å²) in [6.45, 7) is 6.11. The largest absolute Gasteiger partial charge is 0.354 e. The van der Waals surface area contributed by atoms with Crippen LogP contribution in [0.15, 0.2) is 24.3 Å². The molecular formula is C19H29N3OS. The molecule has 2 heterocycles. The van der Waals surface area contributed by atoms with Gasteiger partial charge in [0.25, 0.3) is 0 Å². The molecule has 0 aliphatic carbocycles. The van der Waals surface area contributed by atoms with E-state index in [1.54, 1.807) is 0 Å². The lowest BCUT2D eigenvalue weighted by molar-refractivity contribution is -0.121. The number of hydrogen-bond acceptors (Lipinski definition) is 4. The maximum atomic E-state index is 12.3. The first-order valence-corrected chi connectivity index (χ1v) is 10.3. The van der Waals surface area contributed by atoms with E-state index in [1.807, 2.05) is 11.8 Å². The SMILES string of the molecule is Cc1ccc(C(CNC(=O)CC2CSCCN2)N2CCCC2)cc1. The molecule has 5 heteroatoms. The number of amides is 1. The first-order valence-electron chi connectivity index (χ1n) is 9.11. The van der Waals surface area contributed by atoms with E-state index in [1.165, 1.54) is 24.0 Å². The van der Waals surface area contributed by atoms with Crippen molar-refractivity contribution in [2.45, 2.75) is 38.3 Å². The van der Waals surface area contributed by atoms with Gasteiger partial charge in [-0.3, -0.25) is 9.69 Å². The molecule has 2 N–H and O–H groups in total. The Morgan fingerprint density at radius 3 is 2.75 bits per heavy atom. The van der Waals surface area contributed by atoms with Gasteiger partial charge in [0.2, 0.25) is 5.91 Å². The topological polar surface area (TPSA) is 44.4 Å². The number of thioether (sulfide) groups is 1. The van der Waals surface area contributed by atoms with Gasteiger partial charge in [-0.2, -0.15) is 11.8 Å². The summed E-state index contributed by atoms with van der Waals surface area (Å²) in [7, 11) is 0. The Kier molecular flexibility index (Phi) is 6.58. The van der Waals surface area contributed by atoms with Crippen LogP contribution in [0.1, 0.15) is 36.4 Å². The molecule has 1 aromatic rings. The Morgan fingerprint density at radius 2 is 2.08 bits per heavy atom. The molecule has 1 aromatic carbocycles. The summed E-state index contributed by atoms with van der Waals surface area (Å²) in [5, 5.41) is 6.63. The monoisotopic (exact) mass is 347 g/mol. The van der Waals surface area contributed by atoms with Gasteiger partial charge in [0.1, 0.15) is 0 Å². The summed E-state index contributed by atoms with van der Waals surface area (Å²) in [6, 6.07) is 9.39. The molecule has 2 unspecified atom stereocenters. The van der Waals surface area contributed by atoms with Crippen molar-refractivity contribution in [3.8, 4) is 0 Å². The molecule has 4 nitrogen and oxygen atoms in total. The summed E-state index contributed by atoms with van der Waals surface area (Å²) >= 11 is 1.94. The Labute approximate surface area is 149 Å². The molecule has 0 bridgehead atoms. The molecule has 24 heavy (non-hydrogen) atoms. The lowest BCUT2D eigenvalue weighted by Gasteiger charge is -2.29. The van der Waals surface area contributed by atoms with Crippen LogP contribution in [0.4, 0.5) is 0 Å². The molecule has 0 aromatic heterocycles. The standard InChI is InChI=1S/C19H29N3OS/c1-15-4-6-16(7-5-15)18(22-9-2-3-10-22)13-21-19(23)12-17-14-24-11-8-20-17/h4-7,17-18,20H,2-3,8-14H2,1H3,(H,21,23). The zero-order valence-electron chi connectivity index (χ0n) is 14.6. The van der Waals surface area contributed by atoms with Crippen molar-refractivity contribution in [3.05, 3.63) is 35.4 Å². The van der Waals surface area contributed by atoms with Gasteiger partial charge in [-0.1, -0.05) is 29.8 Å². The number of likely N-dealkylation sites (tertiary alicyclic amines) is 1. The van der Waals surface area contributed by atoms with Crippen LogP contribution in [0.25, 0.3) is 0 Å². The number of benzene rings is 1. The minimum Gasteiger partial charge on any atom is -0.354 e. The minimum absolute atomic E-state index is 0.173. The zero-order valence-corrected chi connectivity index (χ0v) is 15.4. The smallest absolute Gasteiger partial charge is 0.221 e. The van der Waals surface area contributed by atoms with Gasteiger partial charge in [-0.15, -0.1) is 0 Å². The molecule has 0 saturated carbocycles. The van der Waals surface area contributed by atoms with Crippen molar-refractivity contribution >= 4 is 17.7 Å². The Balaban J connectivity index is 1.57. The second-order valence-electron chi connectivity index (χ2n) is 6.90. The second kappa shape index (κ2) is 8.88. The Bertz CT molecular complexity index is 522. The van der Waals surface area contributed by atoms with E-state index in [9.17, 15) is 4.79 Å². The predicted octanol–water partition coefficient (Wildman–Crippen LogP) is 2.34. The maximum Gasteiger partial charge on any atom is 0.221 e. The van der Waals surface area contributed by atoms with Gasteiger partial charge in [0.05, 0.1) is 6.04 Å². The van der Waals surface area contributed by atoms with Gasteiger partial charge in [-0.05, 0) is 38.4 Å². The third kappa shape index (κ3) is 4.98. The fourth-order valence-corrected chi connectivity index (χ4v) is 4.51. The van der Waals surface area contributed by atoms with Crippen LogP contribution in [0.3, 0.4) is 0 Å². The molecule has 2 saturated heterocycles. The Hall–Kier alpha value is -1.04. The van der Waals surface area contributed by atoms with Gasteiger partial charge >= 0.3 is 0 Å². The third-order valence-corrected chi connectivity index (χ3v) is 6.10. The van der Waals surface area contributed by atoms with E-state index in [4.69, 9.17) is 0 Å². The predicted molar refractivity (Wildman–Crippen MR) is 101 cm³/mol. The van der Waals surface area contributed by atoms with Gasteiger partial charge in [0, 0.05) is 37.1 Å². The molecule has 2 atom stereocenters. The van der Waals surface area contributed by atoms with Crippen molar-refractivity contribution in [2.75, 3.05) is 37.7 Å². The molecule has 2 fully saturated rings. The number of nitrogens with zero attached hydrogens (tertiary/aromatic N) is 1. The third-order valence-electron chi connectivity index (χ3n) is 4.97. The van der Waals surface area contributed by atoms with Crippen molar-refractivity contribution in [1.29, 1.82) is 0 Å². The molecular weight excluding hydrogens is 318 g/mol. The van der Waals surface area contributed by atoms with Crippen LogP contribution < -0.4 is 10.6 Å². The van der Waals surface area contributed by atoms with Crippen molar-refractivity contribution in [1.82, 2.24) is 15.5 Å². The average molecular weight is 348 g/mol. The quantitative estimate of drug-likeness (QED) is 0.829. The highest BCUT2D eigenvalue weighted by Gasteiger charge is 2.24. The number of aryl methyl sites for hydroxylation is 1. The fourth-order valence-electron chi connectivity index (χ4n) is 3.56. The molecule has 3 rings (SSSR count). The molecule has 0 spiro atoms.